The second-order valence-electron chi connectivity index (χ2n) is 10.4. The molecule has 2 aliphatic carbocycles. The van der Waals surface area contributed by atoms with Gasteiger partial charge in [0, 0.05) is 0 Å². The lowest BCUT2D eigenvalue weighted by molar-refractivity contribution is -0.559. The molecule has 154 valence electrons. The van der Waals surface area contributed by atoms with Gasteiger partial charge in [-0.25, -0.2) is 0 Å². The lowest BCUT2D eigenvalue weighted by atomic mass is 9.83. The van der Waals surface area contributed by atoms with Gasteiger partial charge in [-0.1, -0.05) is 65.2 Å². The lowest BCUT2D eigenvalue weighted by Crippen LogP contribution is -2.45. The fourth-order valence-electron chi connectivity index (χ4n) is 6.55. The van der Waals surface area contributed by atoms with Crippen molar-refractivity contribution in [3.63, 3.8) is 0 Å². The van der Waals surface area contributed by atoms with Gasteiger partial charge in [-0.15, -0.1) is 0 Å². The van der Waals surface area contributed by atoms with Crippen molar-refractivity contribution in [2.45, 2.75) is 109 Å². The molecule has 2 saturated carbocycles. The molecule has 27 heavy (non-hydrogen) atoms. The summed E-state index contributed by atoms with van der Waals surface area (Å²) in [5.74, 6) is 4.27. The molecule has 0 amide bonds. The maximum absolute atomic E-state index is 3.88. The molecule has 2 aliphatic heterocycles. The Kier molecular flexibility index (Phi) is 6.66. The largest absolute Gasteiger partial charge is 0.349 e. The molecule has 0 bridgehead atoms. The highest BCUT2D eigenvalue weighted by Gasteiger charge is 2.47. The van der Waals surface area contributed by atoms with Gasteiger partial charge in [0.05, 0.1) is 13.1 Å². The predicted molar refractivity (Wildman–Crippen MR) is 114 cm³/mol. The maximum Gasteiger partial charge on any atom is 0.349 e. The van der Waals surface area contributed by atoms with Crippen LogP contribution in [-0.4, -0.2) is 47.2 Å². The summed E-state index contributed by atoms with van der Waals surface area (Å²) in [7, 11) is 0. The number of nitrogens with one attached hydrogen (secondary N) is 1. The molecule has 0 unspecified atom stereocenters. The monoisotopic (exact) mass is 374 g/mol. The van der Waals surface area contributed by atoms with Gasteiger partial charge >= 0.3 is 5.96 Å². The maximum atomic E-state index is 3.88. The SMILES string of the molecule is CC(C)C[C@@H]1C[N+]2=C(NC[C@@H]2C2CCCCC2)N1CCCC1CCCCC1. The fourth-order valence-corrected chi connectivity index (χ4v) is 6.55. The van der Waals surface area contributed by atoms with E-state index in [4.69, 9.17) is 0 Å². The van der Waals surface area contributed by atoms with E-state index in [1.807, 2.05) is 0 Å². The van der Waals surface area contributed by atoms with Crippen molar-refractivity contribution < 1.29 is 4.58 Å². The molecular weight excluding hydrogens is 330 g/mol. The summed E-state index contributed by atoms with van der Waals surface area (Å²) < 4.78 is 2.81. The Balaban J connectivity index is 1.38. The van der Waals surface area contributed by atoms with Crippen molar-refractivity contribution in [3.8, 4) is 0 Å². The normalized spacial score (nSPS) is 30.3. The van der Waals surface area contributed by atoms with E-state index in [1.54, 1.807) is 0 Å². The third-order valence-corrected chi connectivity index (χ3v) is 7.94. The minimum absolute atomic E-state index is 0.741. The van der Waals surface area contributed by atoms with E-state index in [0.29, 0.717) is 0 Å². The molecule has 0 aromatic rings. The van der Waals surface area contributed by atoms with E-state index >= 15 is 0 Å². The van der Waals surface area contributed by atoms with E-state index < -0.39 is 0 Å². The van der Waals surface area contributed by atoms with Crippen LogP contribution in [0.2, 0.25) is 0 Å². The number of hydrogen-bond acceptors (Lipinski definition) is 2. The fraction of sp³-hybridized carbons (Fsp3) is 0.958. The van der Waals surface area contributed by atoms with Gasteiger partial charge in [0.15, 0.2) is 0 Å². The standard InChI is InChI=1S/C24H43N3/c1-19(2)16-22-18-27-23(21-13-7-4-8-14-21)17-25-24(27)26(22)15-9-12-20-10-5-3-6-11-20/h19-23H,3-18H2,1-2H3/p+1/t22-,23-/m1/s1. The third kappa shape index (κ3) is 4.65. The highest BCUT2D eigenvalue weighted by Crippen LogP contribution is 2.32. The summed E-state index contributed by atoms with van der Waals surface area (Å²) in [4.78, 5) is 2.80. The molecule has 0 aromatic heterocycles. The smallest absolute Gasteiger partial charge is 0.274 e. The van der Waals surface area contributed by atoms with Gasteiger partial charge in [-0.05, 0) is 49.9 Å². The Bertz CT molecular complexity index is 500. The Morgan fingerprint density at radius 1 is 1.00 bits per heavy atom. The van der Waals surface area contributed by atoms with Crippen LogP contribution >= 0.6 is 0 Å². The zero-order valence-corrected chi connectivity index (χ0v) is 18.1. The number of rotatable bonds is 7. The second-order valence-corrected chi connectivity index (χ2v) is 10.4. The average molecular weight is 375 g/mol. The average Bonchev–Trinajstić information content (AvgIpc) is 3.23. The molecule has 3 heteroatoms. The summed E-state index contributed by atoms with van der Waals surface area (Å²) in [5, 5.41) is 3.88. The van der Waals surface area contributed by atoms with Gasteiger partial charge in [-0.2, -0.15) is 0 Å². The van der Waals surface area contributed by atoms with Gasteiger partial charge in [0.1, 0.15) is 18.6 Å². The minimum atomic E-state index is 0.741. The molecule has 1 N–H and O–H groups in total. The van der Waals surface area contributed by atoms with Crippen LogP contribution in [0.3, 0.4) is 0 Å². The Morgan fingerprint density at radius 3 is 2.41 bits per heavy atom. The summed E-state index contributed by atoms with van der Waals surface area (Å²) in [6.45, 7) is 8.57. The molecule has 2 fully saturated rings. The van der Waals surface area contributed by atoms with Crippen LogP contribution in [0.25, 0.3) is 0 Å². The number of hydrogen-bond donors (Lipinski definition) is 1. The Morgan fingerprint density at radius 2 is 1.70 bits per heavy atom. The molecule has 0 saturated heterocycles. The predicted octanol–water partition coefficient (Wildman–Crippen LogP) is 5.00. The van der Waals surface area contributed by atoms with E-state index in [2.05, 4.69) is 28.6 Å². The van der Waals surface area contributed by atoms with Crippen LogP contribution in [-0.2, 0) is 0 Å². The van der Waals surface area contributed by atoms with Crippen LogP contribution in [0, 0.1) is 17.8 Å². The second kappa shape index (κ2) is 9.18. The first-order chi connectivity index (χ1) is 13.2. The van der Waals surface area contributed by atoms with Gasteiger partial charge in [0.25, 0.3) is 0 Å². The number of guanidine groups is 1. The summed E-state index contributed by atoms with van der Waals surface area (Å²) >= 11 is 0. The molecule has 4 aliphatic rings. The first kappa shape index (κ1) is 19.6. The first-order valence-electron chi connectivity index (χ1n) is 12.4. The van der Waals surface area contributed by atoms with Crippen LogP contribution in [0.4, 0.5) is 0 Å². The van der Waals surface area contributed by atoms with Crippen molar-refractivity contribution in [2.75, 3.05) is 19.6 Å². The molecule has 3 nitrogen and oxygen atoms in total. The van der Waals surface area contributed by atoms with Crippen LogP contribution in [0.15, 0.2) is 0 Å². The summed E-state index contributed by atoms with van der Waals surface area (Å²) in [6.07, 6.45) is 19.0. The van der Waals surface area contributed by atoms with Crippen molar-refractivity contribution in [3.05, 3.63) is 0 Å². The van der Waals surface area contributed by atoms with Gasteiger partial charge < -0.3 is 0 Å². The van der Waals surface area contributed by atoms with E-state index in [1.165, 1.54) is 109 Å². The van der Waals surface area contributed by atoms with Gasteiger partial charge in [0.2, 0.25) is 0 Å². The van der Waals surface area contributed by atoms with E-state index in [9.17, 15) is 0 Å². The Labute approximate surface area is 168 Å². The highest BCUT2D eigenvalue weighted by atomic mass is 15.4. The van der Waals surface area contributed by atoms with Crippen molar-refractivity contribution >= 4 is 5.96 Å². The van der Waals surface area contributed by atoms with Crippen LogP contribution in [0.5, 0.6) is 0 Å². The molecule has 2 heterocycles. The van der Waals surface area contributed by atoms with Crippen molar-refractivity contribution in [1.82, 2.24) is 10.2 Å². The van der Waals surface area contributed by atoms with Crippen LogP contribution < -0.4 is 5.32 Å². The van der Waals surface area contributed by atoms with E-state index in [0.717, 1.165) is 29.8 Å². The molecule has 0 spiro atoms. The van der Waals surface area contributed by atoms with Gasteiger partial charge in [-0.3, -0.25) is 14.8 Å². The zero-order chi connectivity index (χ0) is 18.6. The summed E-state index contributed by atoms with van der Waals surface area (Å²) in [5.41, 5.74) is 0. The molecule has 0 radical (unpaired) electrons. The Hall–Kier alpha value is -0.730. The van der Waals surface area contributed by atoms with Crippen molar-refractivity contribution in [1.29, 1.82) is 0 Å². The number of nitrogens with zero attached hydrogens (tertiary/aromatic N) is 2. The minimum Gasteiger partial charge on any atom is -0.274 e. The molecular formula is C24H44N3+. The molecule has 4 rings (SSSR count). The third-order valence-electron chi connectivity index (χ3n) is 7.94. The topological polar surface area (TPSA) is 18.3 Å². The lowest BCUT2D eigenvalue weighted by Gasteiger charge is -2.28. The first-order valence-corrected chi connectivity index (χ1v) is 12.4. The highest BCUT2D eigenvalue weighted by molar-refractivity contribution is 5.77. The molecule has 0 aromatic carbocycles. The summed E-state index contributed by atoms with van der Waals surface area (Å²) in [6, 6.07) is 1.52. The van der Waals surface area contributed by atoms with E-state index in [-0.39, 0.29) is 0 Å². The van der Waals surface area contributed by atoms with Crippen LogP contribution in [0.1, 0.15) is 97.3 Å². The quantitative estimate of drug-likeness (QED) is 0.632. The van der Waals surface area contributed by atoms with Crippen molar-refractivity contribution in [2.24, 2.45) is 17.8 Å². The zero-order valence-electron chi connectivity index (χ0n) is 18.1. The molecule has 2 atom stereocenters.